The van der Waals surface area contributed by atoms with E-state index in [2.05, 4.69) is 36.1 Å². The maximum absolute atomic E-state index is 13.1. The van der Waals surface area contributed by atoms with Crippen molar-refractivity contribution < 1.29 is 17.9 Å². The summed E-state index contributed by atoms with van der Waals surface area (Å²) in [4.78, 5) is 7.11. The van der Waals surface area contributed by atoms with Crippen LogP contribution in [0.5, 0.6) is 11.5 Å². The summed E-state index contributed by atoms with van der Waals surface area (Å²) in [5.41, 5.74) is 3.24. The molecule has 4 rings (SSSR count). The predicted octanol–water partition coefficient (Wildman–Crippen LogP) is 3.65. The van der Waals surface area contributed by atoms with Crippen molar-refractivity contribution in [1.82, 2.24) is 9.29 Å². The molecule has 1 aliphatic heterocycles. The summed E-state index contributed by atoms with van der Waals surface area (Å²) >= 11 is 1.59. The number of thiazole rings is 1. The molecule has 0 atom stereocenters. The van der Waals surface area contributed by atoms with Crippen molar-refractivity contribution >= 4 is 26.5 Å². The third kappa shape index (κ3) is 4.39. The Morgan fingerprint density at radius 3 is 2.26 bits per heavy atom. The normalized spacial score (nSPS) is 15.1. The molecule has 0 saturated carbocycles. The minimum atomic E-state index is -3.61. The number of sulfonamides is 1. The van der Waals surface area contributed by atoms with Gasteiger partial charge in [0, 0.05) is 43.2 Å². The quantitative estimate of drug-likeness (QED) is 0.560. The summed E-state index contributed by atoms with van der Waals surface area (Å²) in [5.74, 6) is 0.896. The van der Waals surface area contributed by atoms with Gasteiger partial charge in [0.15, 0.2) is 16.6 Å². The topological polar surface area (TPSA) is 72.0 Å². The van der Waals surface area contributed by atoms with Gasteiger partial charge in [-0.1, -0.05) is 29.8 Å². The van der Waals surface area contributed by atoms with Gasteiger partial charge in [0.2, 0.25) is 10.0 Å². The third-order valence-corrected chi connectivity index (χ3v) is 8.14. The molecular weight excluding hydrogens is 434 g/mol. The van der Waals surface area contributed by atoms with E-state index in [0.717, 1.165) is 16.4 Å². The van der Waals surface area contributed by atoms with E-state index >= 15 is 0 Å². The van der Waals surface area contributed by atoms with Crippen molar-refractivity contribution in [2.75, 3.05) is 45.3 Å². The largest absolute Gasteiger partial charge is 0.493 e. The number of rotatable bonds is 6. The maximum Gasteiger partial charge on any atom is 0.243 e. The van der Waals surface area contributed by atoms with Gasteiger partial charge in [-0.25, -0.2) is 13.4 Å². The van der Waals surface area contributed by atoms with Crippen LogP contribution in [0.4, 0.5) is 5.13 Å². The van der Waals surface area contributed by atoms with Gasteiger partial charge in [0.1, 0.15) is 0 Å². The molecule has 2 aromatic carbocycles. The lowest BCUT2D eigenvalue weighted by atomic mass is 10.1. The van der Waals surface area contributed by atoms with Crippen LogP contribution in [0.3, 0.4) is 0 Å². The molecule has 7 nitrogen and oxygen atoms in total. The van der Waals surface area contributed by atoms with Crippen LogP contribution >= 0.6 is 11.3 Å². The summed E-state index contributed by atoms with van der Waals surface area (Å²) in [7, 11) is -0.599. The van der Waals surface area contributed by atoms with Gasteiger partial charge in [-0.05, 0) is 19.1 Å². The van der Waals surface area contributed by atoms with E-state index < -0.39 is 10.0 Å². The fourth-order valence-corrected chi connectivity index (χ4v) is 5.84. The van der Waals surface area contributed by atoms with Crippen molar-refractivity contribution in [3.8, 4) is 22.8 Å². The van der Waals surface area contributed by atoms with Gasteiger partial charge in [0.25, 0.3) is 0 Å². The Morgan fingerprint density at radius 1 is 0.935 bits per heavy atom. The Kier molecular flexibility index (Phi) is 6.17. The number of hydrogen-bond donors (Lipinski definition) is 0. The summed E-state index contributed by atoms with van der Waals surface area (Å²) in [5, 5.41) is 2.96. The lowest BCUT2D eigenvalue weighted by Gasteiger charge is -2.33. The number of methoxy groups -OCH3 is 2. The molecule has 0 aliphatic carbocycles. The zero-order chi connectivity index (χ0) is 22.0. The first-order chi connectivity index (χ1) is 14.9. The maximum atomic E-state index is 13.1. The van der Waals surface area contributed by atoms with Crippen molar-refractivity contribution in [1.29, 1.82) is 0 Å². The third-order valence-electron chi connectivity index (χ3n) is 5.34. The number of aromatic nitrogens is 1. The summed E-state index contributed by atoms with van der Waals surface area (Å²) in [6.45, 7) is 4.04. The molecule has 1 fully saturated rings. The highest BCUT2D eigenvalue weighted by atomic mass is 32.2. The van der Waals surface area contributed by atoms with Crippen LogP contribution in [-0.4, -0.2) is 58.1 Å². The van der Waals surface area contributed by atoms with Crippen LogP contribution < -0.4 is 14.4 Å². The molecule has 0 bridgehead atoms. The van der Waals surface area contributed by atoms with Gasteiger partial charge >= 0.3 is 0 Å². The van der Waals surface area contributed by atoms with Crippen LogP contribution in [0.25, 0.3) is 11.3 Å². The molecule has 164 valence electrons. The lowest BCUT2D eigenvalue weighted by Crippen LogP contribution is -2.48. The molecule has 31 heavy (non-hydrogen) atoms. The monoisotopic (exact) mass is 459 g/mol. The van der Waals surface area contributed by atoms with Crippen LogP contribution in [0.15, 0.2) is 52.7 Å². The highest BCUT2D eigenvalue weighted by Gasteiger charge is 2.30. The molecule has 3 aromatic rings. The Labute approximate surface area is 186 Å². The average molecular weight is 460 g/mol. The smallest absolute Gasteiger partial charge is 0.243 e. The highest BCUT2D eigenvalue weighted by molar-refractivity contribution is 7.89. The number of aryl methyl sites for hydroxylation is 1. The van der Waals surface area contributed by atoms with E-state index in [4.69, 9.17) is 14.5 Å². The molecule has 0 unspecified atom stereocenters. The first kappa shape index (κ1) is 21.6. The van der Waals surface area contributed by atoms with E-state index in [-0.39, 0.29) is 4.90 Å². The molecule has 0 radical (unpaired) electrons. The van der Waals surface area contributed by atoms with E-state index in [1.165, 1.54) is 30.2 Å². The molecule has 1 aliphatic rings. The summed E-state index contributed by atoms with van der Waals surface area (Å²) in [6.07, 6.45) is 0. The second-order valence-corrected chi connectivity index (χ2v) is 10.1. The Morgan fingerprint density at radius 2 is 1.61 bits per heavy atom. The van der Waals surface area contributed by atoms with Crippen molar-refractivity contribution in [2.45, 2.75) is 11.8 Å². The number of benzene rings is 2. The number of anilines is 1. The first-order valence-electron chi connectivity index (χ1n) is 9.92. The van der Waals surface area contributed by atoms with Crippen molar-refractivity contribution in [3.63, 3.8) is 0 Å². The molecule has 0 amide bonds. The van der Waals surface area contributed by atoms with E-state index in [1.807, 2.05) is 5.38 Å². The zero-order valence-corrected chi connectivity index (χ0v) is 19.4. The molecule has 0 spiro atoms. The van der Waals surface area contributed by atoms with Gasteiger partial charge in [0.05, 0.1) is 24.8 Å². The van der Waals surface area contributed by atoms with Crippen molar-refractivity contribution in [3.05, 3.63) is 53.4 Å². The summed E-state index contributed by atoms with van der Waals surface area (Å²) < 4.78 is 38.2. The second-order valence-electron chi connectivity index (χ2n) is 7.29. The van der Waals surface area contributed by atoms with Crippen LogP contribution in [-0.2, 0) is 10.0 Å². The Balaban J connectivity index is 1.45. The summed E-state index contributed by atoms with van der Waals surface area (Å²) in [6, 6.07) is 13.0. The van der Waals surface area contributed by atoms with Crippen LogP contribution in [0.2, 0.25) is 0 Å². The SMILES string of the molecule is COc1ccc(S(=O)(=O)N2CCN(c3nc(-c4ccc(C)cc4)cs3)CC2)cc1OC. The minimum absolute atomic E-state index is 0.203. The lowest BCUT2D eigenvalue weighted by molar-refractivity contribution is 0.353. The molecule has 9 heteroatoms. The van der Waals surface area contributed by atoms with Gasteiger partial charge in [-0.15, -0.1) is 11.3 Å². The average Bonchev–Trinajstić information content (AvgIpc) is 3.29. The molecule has 2 heterocycles. The number of nitrogens with zero attached hydrogens (tertiary/aromatic N) is 3. The standard InChI is InChI=1S/C22H25N3O4S2/c1-16-4-6-17(7-5-16)19-15-30-22(23-19)24-10-12-25(13-11-24)31(26,27)18-8-9-20(28-2)21(14-18)29-3/h4-9,14-15H,10-13H2,1-3H3. The molecule has 1 aromatic heterocycles. The number of piperazine rings is 1. The van der Waals surface area contributed by atoms with E-state index in [1.54, 1.807) is 23.5 Å². The first-order valence-corrected chi connectivity index (χ1v) is 12.2. The number of hydrogen-bond acceptors (Lipinski definition) is 7. The fourth-order valence-electron chi connectivity index (χ4n) is 3.51. The van der Waals surface area contributed by atoms with Crippen LogP contribution in [0.1, 0.15) is 5.56 Å². The van der Waals surface area contributed by atoms with Gasteiger partial charge in [-0.2, -0.15) is 4.31 Å². The second kappa shape index (κ2) is 8.86. The predicted molar refractivity (Wildman–Crippen MR) is 123 cm³/mol. The minimum Gasteiger partial charge on any atom is -0.493 e. The van der Waals surface area contributed by atoms with Gasteiger partial charge in [-0.3, -0.25) is 0 Å². The Bertz CT molecular complexity index is 1150. The zero-order valence-electron chi connectivity index (χ0n) is 17.7. The molecular formula is C22H25N3O4S2. The number of ether oxygens (including phenoxy) is 2. The van der Waals surface area contributed by atoms with Crippen LogP contribution in [0, 0.1) is 6.92 Å². The molecule has 0 N–H and O–H groups in total. The fraction of sp³-hybridized carbons (Fsp3) is 0.318. The van der Waals surface area contributed by atoms with Crippen molar-refractivity contribution in [2.24, 2.45) is 0 Å². The van der Waals surface area contributed by atoms with E-state index in [0.29, 0.717) is 37.7 Å². The highest BCUT2D eigenvalue weighted by Crippen LogP contribution is 2.32. The van der Waals surface area contributed by atoms with E-state index in [9.17, 15) is 8.42 Å². The van der Waals surface area contributed by atoms with Gasteiger partial charge < -0.3 is 14.4 Å². The molecule has 1 saturated heterocycles. The Hall–Kier alpha value is -2.62.